The molecular weight excluding hydrogens is 316 g/mol. The Hall–Kier alpha value is -0.520. The Morgan fingerprint density at radius 3 is 2.10 bits per heavy atom. The lowest BCUT2D eigenvalue weighted by molar-refractivity contribution is 0.981. The maximum atomic E-state index is 3.98. The summed E-state index contributed by atoms with van der Waals surface area (Å²) in [5.74, 6) is 2.37. The number of benzene rings is 1. The molecule has 1 aromatic carbocycles. The molecule has 0 amide bonds. The monoisotopic (exact) mass is 342 g/mol. The van der Waals surface area contributed by atoms with Crippen molar-refractivity contribution in [2.75, 3.05) is 11.5 Å². The van der Waals surface area contributed by atoms with E-state index in [1.165, 1.54) is 23.5 Å². The zero-order valence-electron chi connectivity index (χ0n) is 12.3. The molecule has 2 aromatic rings. The smallest absolute Gasteiger partial charge is 0.143 e. The first-order chi connectivity index (χ1) is 9.76. The van der Waals surface area contributed by atoms with Crippen molar-refractivity contribution in [3.05, 3.63) is 35.3 Å². The Morgan fingerprint density at radius 1 is 0.952 bits per heavy atom. The predicted octanol–water partition coefficient (Wildman–Crippen LogP) is 6.17. The number of hydrogen-bond donors (Lipinski definition) is 0. The second-order valence-electron chi connectivity index (χ2n) is 4.10. The van der Waals surface area contributed by atoms with Gasteiger partial charge in [-0.25, -0.2) is 0 Å². The van der Waals surface area contributed by atoms with Crippen molar-refractivity contribution in [1.82, 2.24) is 10.2 Å². The highest BCUT2D eigenvalue weighted by atomic mass is 32.2. The topological polar surface area (TPSA) is 25.8 Å². The molecule has 2 rings (SSSR count). The van der Waals surface area contributed by atoms with Crippen molar-refractivity contribution in [1.29, 1.82) is 0 Å². The van der Waals surface area contributed by atoms with E-state index >= 15 is 0 Å². The van der Waals surface area contributed by atoms with Gasteiger partial charge in [0.1, 0.15) is 5.01 Å². The molecule has 0 atom stereocenters. The van der Waals surface area contributed by atoms with E-state index in [-0.39, 0.29) is 7.43 Å². The number of hydrogen-bond acceptors (Lipinski definition) is 5. The van der Waals surface area contributed by atoms with E-state index in [0.29, 0.717) is 0 Å². The highest BCUT2D eigenvalue weighted by molar-refractivity contribution is 8.01. The van der Waals surface area contributed by atoms with E-state index in [1.807, 2.05) is 18.7 Å². The molecule has 21 heavy (non-hydrogen) atoms. The Morgan fingerprint density at radius 2 is 1.57 bits per heavy atom. The van der Waals surface area contributed by atoms with Crippen LogP contribution in [0.2, 0.25) is 0 Å². The quantitative estimate of drug-likeness (QED) is 0.586. The Bertz CT molecular complexity index is 458. The summed E-state index contributed by atoms with van der Waals surface area (Å²) in [4.78, 5) is 1.38. The minimum atomic E-state index is 0. The first kappa shape index (κ1) is 20.5. The fraction of sp³-hybridized carbons (Fsp3) is 0.500. The lowest BCUT2D eigenvalue weighted by Gasteiger charge is -1.96. The molecule has 0 bridgehead atoms. The largest absolute Gasteiger partial charge is 0.174 e. The number of aryl methyl sites for hydroxylation is 1. The zero-order chi connectivity index (χ0) is 14.6. The first-order valence-electron chi connectivity index (χ1n) is 6.87. The molecule has 2 nitrogen and oxygen atoms in total. The summed E-state index contributed by atoms with van der Waals surface area (Å²) in [6.07, 6.45) is 2.45. The van der Waals surface area contributed by atoms with Crippen molar-refractivity contribution in [2.45, 2.75) is 50.3 Å². The Balaban J connectivity index is 0.000000364. The molecule has 0 N–H and O–H groups in total. The molecule has 118 valence electrons. The highest BCUT2D eigenvalue weighted by Crippen LogP contribution is 2.21. The molecule has 0 unspecified atom stereocenters. The number of thioether (sulfide) groups is 2. The number of rotatable bonds is 6. The second-order valence-corrected chi connectivity index (χ2v) is 7.79. The van der Waals surface area contributed by atoms with Crippen LogP contribution in [-0.2, 0) is 0 Å². The second kappa shape index (κ2) is 13.2. The van der Waals surface area contributed by atoms with Gasteiger partial charge in [0.2, 0.25) is 0 Å². The van der Waals surface area contributed by atoms with Gasteiger partial charge in [-0.2, -0.15) is 0 Å². The van der Waals surface area contributed by atoms with Crippen molar-refractivity contribution in [3.8, 4) is 0 Å². The molecular formula is C16H26N2S3. The van der Waals surface area contributed by atoms with Crippen LogP contribution in [0, 0.1) is 6.92 Å². The van der Waals surface area contributed by atoms with Gasteiger partial charge in [0.05, 0.1) is 0 Å². The minimum Gasteiger partial charge on any atom is -0.143 e. The average Bonchev–Trinajstić information content (AvgIpc) is 2.90. The summed E-state index contributed by atoms with van der Waals surface area (Å²) in [6.45, 7) is 6.35. The number of nitrogens with zero attached hydrogens (tertiary/aromatic N) is 2. The zero-order valence-corrected chi connectivity index (χ0v) is 14.8. The van der Waals surface area contributed by atoms with Crippen molar-refractivity contribution < 1.29 is 0 Å². The van der Waals surface area contributed by atoms with Crippen LogP contribution in [0.1, 0.15) is 39.1 Å². The summed E-state index contributed by atoms with van der Waals surface area (Å²) in [5.41, 5.74) is 0. The van der Waals surface area contributed by atoms with Crippen LogP contribution in [0.3, 0.4) is 0 Å². The van der Waals surface area contributed by atoms with Crippen LogP contribution in [0.25, 0.3) is 0 Å². The fourth-order valence-electron chi connectivity index (χ4n) is 1.26. The molecule has 0 fully saturated rings. The van der Waals surface area contributed by atoms with Gasteiger partial charge in [-0.05, 0) is 37.7 Å². The van der Waals surface area contributed by atoms with Crippen molar-refractivity contribution in [2.24, 2.45) is 0 Å². The van der Waals surface area contributed by atoms with Crippen LogP contribution < -0.4 is 0 Å². The molecule has 5 heteroatoms. The molecule has 0 aliphatic heterocycles. The SMILES string of the molecule is C.CCCSc1ccccc1.CCCSc1nnc(C)s1. The Labute approximate surface area is 142 Å². The van der Waals surface area contributed by atoms with Crippen molar-refractivity contribution >= 4 is 34.9 Å². The maximum absolute atomic E-state index is 3.98. The maximum Gasteiger partial charge on any atom is 0.174 e. The van der Waals surface area contributed by atoms with Gasteiger partial charge < -0.3 is 0 Å². The molecule has 0 saturated heterocycles. The van der Waals surface area contributed by atoms with Crippen LogP contribution >= 0.6 is 34.9 Å². The van der Waals surface area contributed by atoms with Gasteiger partial charge >= 0.3 is 0 Å². The van der Waals surface area contributed by atoms with Gasteiger partial charge in [-0.1, -0.05) is 62.6 Å². The van der Waals surface area contributed by atoms with E-state index in [4.69, 9.17) is 0 Å². The van der Waals surface area contributed by atoms with E-state index < -0.39 is 0 Å². The molecule has 0 spiro atoms. The summed E-state index contributed by atoms with van der Waals surface area (Å²) < 4.78 is 1.10. The molecule has 1 aromatic heterocycles. The van der Waals surface area contributed by atoms with E-state index in [1.54, 1.807) is 23.1 Å². The van der Waals surface area contributed by atoms with Gasteiger partial charge in [0.15, 0.2) is 4.34 Å². The molecule has 1 heterocycles. The first-order valence-corrected chi connectivity index (χ1v) is 9.65. The molecule has 0 saturated carbocycles. The summed E-state index contributed by atoms with van der Waals surface area (Å²) >= 11 is 5.38. The third kappa shape index (κ3) is 9.93. The summed E-state index contributed by atoms with van der Waals surface area (Å²) in [6, 6.07) is 10.5. The van der Waals surface area contributed by atoms with Gasteiger partial charge in [0.25, 0.3) is 0 Å². The fourth-order valence-corrected chi connectivity index (χ4v) is 3.79. The van der Waals surface area contributed by atoms with Crippen LogP contribution in [0.4, 0.5) is 0 Å². The number of aromatic nitrogens is 2. The Kier molecular flexibility index (Phi) is 12.8. The molecule has 0 aliphatic carbocycles. The van der Waals surface area contributed by atoms with E-state index in [9.17, 15) is 0 Å². The molecule has 0 radical (unpaired) electrons. The van der Waals surface area contributed by atoms with E-state index in [0.717, 1.165) is 15.1 Å². The normalized spacial score (nSPS) is 9.48. The van der Waals surface area contributed by atoms with Gasteiger partial charge in [-0.15, -0.1) is 22.0 Å². The van der Waals surface area contributed by atoms with Crippen LogP contribution in [0.5, 0.6) is 0 Å². The summed E-state index contributed by atoms with van der Waals surface area (Å²) in [7, 11) is 0. The van der Waals surface area contributed by atoms with Crippen LogP contribution in [0.15, 0.2) is 39.6 Å². The third-order valence-corrected chi connectivity index (χ3v) is 5.55. The average molecular weight is 343 g/mol. The van der Waals surface area contributed by atoms with Crippen molar-refractivity contribution in [3.63, 3.8) is 0 Å². The minimum absolute atomic E-state index is 0. The standard InChI is InChI=1S/C9H12S.C6H10N2S2.CH4/c1-2-8-10-9-6-4-3-5-7-9;1-3-4-9-6-8-7-5(2)10-6;/h3-7H,2,8H2,1H3;3-4H2,1-2H3;1H4. The summed E-state index contributed by atoms with van der Waals surface area (Å²) in [5, 5.41) is 8.96. The van der Waals surface area contributed by atoms with E-state index in [2.05, 4.69) is 54.4 Å². The van der Waals surface area contributed by atoms with Crippen LogP contribution in [-0.4, -0.2) is 21.7 Å². The lowest BCUT2D eigenvalue weighted by Crippen LogP contribution is -1.74. The molecule has 0 aliphatic rings. The lowest BCUT2D eigenvalue weighted by atomic mass is 10.4. The predicted molar refractivity (Wildman–Crippen MR) is 99.8 cm³/mol. The third-order valence-electron chi connectivity index (χ3n) is 2.15. The highest BCUT2D eigenvalue weighted by Gasteiger charge is 1.98. The van der Waals surface area contributed by atoms with Gasteiger partial charge in [0, 0.05) is 10.6 Å². The van der Waals surface area contributed by atoms with Gasteiger partial charge in [-0.3, -0.25) is 0 Å².